The van der Waals surface area contributed by atoms with Crippen molar-refractivity contribution in [2.75, 3.05) is 19.4 Å². The first-order valence-electron chi connectivity index (χ1n) is 5.67. The predicted molar refractivity (Wildman–Crippen MR) is 72.6 cm³/mol. The van der Waals surface area contributed by atoms with E-state index < -0.39 is 0 Å². The Kier molecular flexibility index (Phi) is 2.83. The van der Waals surface area contributed by atoms with E-state index in [1.54, 1.807) is 18.9 Å². The van der Waals surface area contributed by atoms with Crippen molar-refractivity contribution in [1.29, 1.82) is 0 Å². The fourth-order valence-corrected chi connectivity index (χ4v) is 2.92. The summed E-state index contributed by atoms with van der Waals surface area (Å²) in [5.74, 6) is 1.66. The Labute approximate surface area is 109 Å². The molecule has 2 heterocycles. The zero-order chi connectivity index (χ0) is 12.5. The van der Waals surface area contributed by atoms with E-state index in [9.17, 15) is 4.79 Å². The minimum Gasteiger partial charge on any atom is -0.497 e. The molecular weight excluding hydrogens is 248 g/mol. The van der Waals surface area contributed by atoms with Crippen LogP contribution in [0.2, 0.25) is 0 Å². The van der Waals surface area contributed by atoms with E-state index in [0.717, 1.165) is 28.8 Å². The lowest BCUT2D eigenvalue weighted by molar-refractivity contribution is -0.114. The smallest absolute Gasteiger partial charge is 0.296 e. The molecule has 2 aliphatic heterocycles. The first kappa shape index (κ1) is 11.3. The lowest BCUT2D eigenvalue weighted by atomic mass is 10.1. The molecule has 1 aromatic rings. The molecule has 0 N–H and O–H groups in total. The normalized spacial score (nSPS) is 20.3. The topological polar surface area (TPSA) is 41.9 Å². The number of amides is 1. The zero-order valence-electron chi connectivity index (χ0n) is 9.92. The van der Waals surface area contributed by atoms with E-state index in [1.165, 1.54) is 0 Å². The molecule has 3 rings (SSSR count). The van der Waals surface area contributed by atoms with Crippen LogP contribution in [0.4, 0.5) is 0 Å². The summed E-state index contributed by atoms with van der Waals surface area (Å²) in [6.07, 6.45) is 1.88. The molecular formula is C13H12N2O2S. The SMILES string of the molecule is COc1ccc(C=C2C(=O)N=C3SCCN23)cc1. The summed E-state index contributed by atoms with van der Waals surface area (Å²) in [5, 5.41) is 0.833. The van der Waals surface area contributed by atoms with Crippen molar-refractivity contribution < 1.29 is 9.53 Å². The molecule has 0 saturated carbocycles. The van der Waals surface area contributed by atoms with E-state index in [2.05, 4.69) is 4.99 Å². The molecule has 0 radical (unpaired) electrons. The van der Waals surface area contributed by atoms with Gasteiger partial charge in [0.1, 0.15) is 11.4 Å². The highest BCUT2D eigenvalue weighted by atomic mass is 32.2. The summed E-state index contributed by atoms with van der Waals surface area (Å²) < 4.78 is 5.11. The molecule has 0 atom stereocenters. The third-order valence-electron chi connectivity index (χ3n) is 2.90. The fraction of sp³-hybridized carbons (Fsp3) is 0.231. The minimum absolute atomic E-state index is 0.145. The van der Waals surface area contributed by atoms with Gasteiger partial charge in [-0.3, -0.25) is 4.79 Å². The van der Waals surface area contributed by atoms with Crippen LogP contribution in [-0.4, -0.2) is 35.4 Å². The number of methoxy groups -OCH3 is 1. The predicted octanol–water partition coefficient (Wildman–Crippen LogP) is 1.98. The fourth-order valence-electron chi connectivity index (χ4n) is 1.98. The van der Waals surface area contributed by atoms with Crippen molar-refractivity contribution in [3.05, 3.63) is 35.5 Å². The van der Waals surface area contributed by atoms with Crippen LogP contribution in [0.1, 0.15) is 5.56 Å². The molecule has 0 spiro atoms. The van der Waals surface area contributed by atoms with Crippen molar-refractivity contribution in [3.63, 3.8) is 0 Å². The van der Waals surface area contributed by atoms with Crippen LogP contribution in [0.3, 0.4) is 0 Å². The Bertz CT molecular complexity index is 549. The molecule has 92 valence electrons. The number of thioether (sulfide) groups is 1. The van der Waals surface area contributed by atoms with Gasteiger partial charge in [-0.05, 0) is 23.8 Å². The first-order chi connectivity index (χ1) is 8.78. The van der Waals surface area contributed by atoms with E-state index in [0.29, 0.717) is 5.70 Å². The molecule has 4 nitrogen and oxygen atoms in total. The number of carbonyl (C=O) groups is 1. The average Bonchev–Trinajstić information content (AvgIpc) is 2.94. The van der Waals surface area contributed by atoms with Gasteiger partial charge in [-0.25, -0.2) is 0 Å². The molecule has 1 saturated heterocycles. The largest absolute Gasteiger partial charge is 0.497 e. The summed E-state index contributed by atoms with van der Waals surface area (Å²) in [4.78, 5) is 17.8. The number of amidine groups is 1. The summed E-state index contributed by atoms with van der Waals surface area (Å²) in [7, 11) is 1.63. The third kappa shape index (κ3) is 1.90. The molecule has 0 bridgehead atoms. The zero-order valence-corrected chi connectivity index (χ0v) is 10.7. The Morgan fingerprint density at radius 2 is 2.17 bits per heavy atom. The van der Waals surface area contributed by atoms with Crippen LogP contribution in [0, 0.1) is 0 Å². The second kappa shape index (κ2) is 4.49. The van der Waals surface area contributed by atoms with Crippen LogP contribution in [0.15, 0.2) is 35.0 Å². The van der Waals surface area contributed by atoms with Gasteiger partial charge in [-0.2, -0.15) is 4.99 Å². The maximum absolute atomic E-state index is 11.8. The number of hydrogen-bond acceptors (Lipinski definition) is 4. The van der Waals surface area contributed by atoms with Gasteiger partial charge >= 0.3 is 0 Å². The number of rotatable bonds is 2. The number of carbonyl (C=O) groups excluding carboxylic acids is 1. The summed E-state index contributed by atoms with van der Waals surface area (Å²) in [6, 6.07) is 7.62. The standard InChI is InChI=1S/C13H12N2O2S/c1-17-10-4-2-9(3-5-10)8-11-12(16)14-13-15(11)6-7-18-13/h2-5,8H,6-7H2,1H3. The van der Waals surface area contributed by atoms with Gasteiger partial charge in [0.05, 0.1) is 7.11 Å². The minimum atomic E-state index is -0.145. The second-order valence-electron chi connectivity index (χ2n) is 4.00. The lowest BCUT2D eigenvalue weighted by Crippen LogP contribution is -2.20. The van der Waals surface area contributed by atoms with Gasteiger partial charge in [0.15, 0.2) is 5.17 Å². The number of benzene rings is 1. The van der Waals surface area contributed by atoms with Gasteiger partial charge < -0.3 is 9.64 Å². The average molecular weight is 260 g/mol. The quantitative estimate of drug-likeness (QED) is 0.763. The summed E-state index contributed by atoms with van der Waals surface area (Å²) in [6.45, 7) is 0.858. The molecule has 0 aliphatic carbocycles. The van der Waals surface area contributed by atoms with Crippen molar-refractivity contribution in [2.45, 2.75) is 0 Å². The summed E-state index contributed by atoms with van der Waals surface area (Å²) in [5.41, 5.74) is 1.65. The van der Waals surface area contributed by atoms with Crippen LogP contribution in [-0.2, 0) is 4.79 Å². The highest BCUT2D eigenvalue weighted by Gasteiger charge is 2.33. The maximum Gasteiger partial charge on any atom is 0.296 e. The monoisotopic (exact) mass is 260 g/mol. The highest BCUT2D eigenvalue weighted by molar-refractivity contribution is 8.14. The number of hydrogen-bond donors (Lipinski definition) is 0. The molecule has 1 aromatic carbocycles. The maximum atomic E-state index is 11.8. The molecule has 5 heteroatoms. The van der Waals surface area contributed by atoms with Crippen LogP contribution < -0.4 is 4.74 Å². The van der Waals surface area contributed by atoms with Gasteiger partial charge in [-0.1, -0.05) is 23.9 Å². The second-order valence-corrected chi connectivity index (χ2v) is 5.06. The first-order valence-corrected chi connectivity index (χ1v) is 6.65. The number of nitrogens with zero attached hydrogens (tertiary/aromatic N) is 2. The van der Waals surface area contributed by atoms with Crippen LogP contribution in [0.25, 0.3) is 6.08 Å². The van der Waals surface area contributed by atoms with Crippen molar-refractivity contribution in [1.82, 2.24) is 4.90 Å². The molecule has 1 amide bonds. The Balaban J connectivity index is 1.89. The summed E-state index contributed by atoms with van der Waals surface area (Å²) >= 11 is 1.63. The molecule has 0 unspecified atom stereocenters. The molecule has 0 aromatic heterocycles. The van der Waals surface area contributed by atoms with Gasteiger partial charge in [0.2, 0.25) is 0 Å². The number of ether oxygens (including phenoxy) is 1. The molecule has 2 aliphatic rings. The van der Waals surface area contributed by atoms with E-state index in [1.807, 2.05) is 35.2 Å². The van der Waals surface area contributed by atoms with Crippen molar-refractivity contribution >= 4 is 28.9 Å². The Morgan fingerprint density at radius 1 is 1.39 bits per heavy atom. The van der Waals surface area contributed by atoms with Crippen LogP contribution >= 0.6 is 11.8 Å². The van der Waals surface area contributed by atoms with Crippen LogP contribution in [0.5, 0.6) is 5.75 Å². The van der Waals surface area contributed by atoms with E-state index >= 15 is 0 Å². The van der Waals surface area contributed by atoms with Gasteiger partial charge in [0, 0.05) is 12.3 Å². The highest BCUT2D eigenvalue weighted by Crippen LogP contribution is 2.30. The number of fused-ring (bicyclic) bond motifs is 1. The van der Waals surface area contributed by atoms with Crippen molar-refractivity contribution in [2.24, 2.45) is 4.99 Å². The van der Waals surface area contributed by atoms with Gasteiger partial charge in [-0.15, -0.1) is 0 Å². The number of aliphatic imine (C=N–C) groups is 1. The molecule has 1 fully saturated rings. The van der Waals surface area contributed by atoms with E-state index in [-0.39, 0.29) is 5.91 Å². The van der Waals surface area contributed by atoms with E-state index in [4.69, 9.17) is 4.74 Å². The van der Waals surface area contributed by atoms with Gasteiger partial charge in [0.25, 0.3) is 5.91 Å². The lowest BCUT2D eigenvalue weighted by Gasteiger charge is -2.11. The Morgan fingerprint density at radius 3 is 2.89 bits per heavy atom. The molecule has 18 heavy (non-hydrogen) atoms. The van der Waals surface area contributed by atoms with Crippen molar-refractivity contribution in [3.8, 4) is 5.75 Å². The third-order valence-corrected chi connectivity index (χ3v) is 3.86. The Hall–Kier alpha value is -1.75.